The van der Waals surface area contributed by atoms with Crippen LogP contribution >= 0.6 is 0 Å². The Labute approximate surface area is 180 Å². The quantitative estimate of drug-likeness (QED) is 0.693. The molecule has 1 aliphatic rings. The lowest BCUT2D eigenvalue weighted by molar-refractivity contribution is -0.138. The highest BCUT2D eigenvalue weighted by Crippen LogP contribution is 2.19. The highest BCUT2D eigenvalue weighted by Gasteiger charge is 2.33. The summed E-state index contributed by atoms with van der Waals surface area (Å²) in [6.45, 7) is 8.50. The van der Waals surface area contributed by atoms with Crippen LogP contribution in [0.25, 0.3) is 0 Å². The molecular weight excluding hydrogens is 374 g/mol. The molecule has 1 fully saturated rings. The van der Waals surface area contributed by atoms with Gasteiger partial charge in [0.2, 0.25) is 11.8 Å². The van der Waals surface area contributed by atoms with E-state index in [1.807, 2.05) is 30.3 Å². The van der Waals surface area contributed by atoms with Crippen molar-refractivity contribution < 1.29 is 9.59 Å². The third kappa shape index (κ3) is 5.92. The van der Waals surface area contributed by atoms with E-state index >= 15 is 0 Å². The summed E-state index contributed by atoms with van der Waals surface area (Å²) in [6.07, 6.45) is 1.95. The molecule has 3 rings (SSSR count). The SMILES string of the molecule is CCN(CC)Cc1ccc(CNC(=O)C2CCCN2C(=O)Cc2ccccc2)cc1. The average Bonchev–Trinajstić information content (AvgIpc) is 3.27. The Kier molecular flexibility index (Phi) is 8.03. The molecule has 1 N–H and O–H groups in total. The van der Waals surface area contributed by atoms with Crippen LogP contribution in [-0.4, -0.2) is 47.3 Å². The lowest BCUT2D eigenvalue weighted by Gasteiger charge is -2.24. The molecular formula is C25H33N3O2. The van der Waals surface area contributed by atoms with Crippen LogP contribution in [0.15, 0.2) is 54.6 Å². The third-order valence-electron chi connectivity index (χ3n) is 5.86. The van der Waals surface area contributed by atoms with E-state index in [4.69, 9.17) is 0 Å². The Hall–Kier alpha value is -2.66. The van der Waals surface area contributed by atoms with Crippen LogP contribution in [0.4, 0.5) is 0 Å². The summed E-state index contributed by atoms with van der Waals surface area (Å²) in [4.78, 5) is 29.6. The normalized spacial score (nSPS) is 16.1. The van der Waals surface area contributed by atoms with Gasteiger partial charge in [-0.05, 0) is 42.6 Å². The number of rotatable bonds is 9. The first-order valence-corrected chi connectivity index (χ1v) is 11.0. The lowest BCUT2D eigenvalue weighted by atomic mass is 10.1. The molecule has 1 unspecified atom stereocenters. The number of amides is 2. The number of nitrogens with zero attached hydrogens (tertiary/aromatic N) is 2. The molecule has 5 nitrogen and oxygen atoms in total. The highest BCUT2D eigenvalue weighted by atomic mass is 16.2. The van der Waals surface area contributed by atoms with Crippen LogP contribution in [-0.2, 0) is 29.1 Å². The lowest BCUT2D eigenvalue weighted by Crippen LogP contribution is -2.46. The smallest absolute Gasteiger partial charge is 0.243 e. The first kappa shape index (κ1) is 22.0. The molecule has 2 aromatic rings. The van der Waals surface area contributed by atoms with Gasteiger partial charge in [-0.25, -0.2) is 0 Å². The van der Waals surface area contributed by atoms with Crippen molar-refractivity contribution in [3.8, 4) is 0 Å². The van der Waals surface area contributed by atoms with E-state index in [-0.39, 0.29) is 17.9 Å². The van der Waals surface area contributed by atoms with Crippen LogP contribution in [0.2, 0.25) is 0 Å². The molecule has 0 bridgehead atoms. The summed E-state index contributed by atoms with van der Waals surface area (Å²) in [5.74, 6) is -0.0271. The zero-order valence-corrected chi connectivity index (χ0v) is 18.1. The zero-order chi connectivity index (χ0) is 21.3. The van der Waals surface area contributed by atoms with E-state index in [0.717, 1.165) is 43.6 Å². The van der Waals surface area contributed by atoms with Crippen LogP contribution < -0.4 is 5.32 Å². The highest BCUT2D eigenvalue weighted by molar-refractivity contribution is 5.89. The van der Waals surface area contributed by atoms with Gasteiger partial charge in [-0.15, -0.1) is 0 Å². The van der Waals surface area contributed by atoms with Crippen molar-refractivity contribution >= 4 is 11.8 Å². The summed E-state index contributed by atoms with van der Waals surface area (Å²) in [6, 6.07) is 17.8. The van der Waals surface area contributed by atoms with E-state index in [2.05, 4.69) is 48.3 Å². The first-order chi connectivity index (χ1) is 14.6. The monoisotopic (exact) mass is 407 g/mol. The number of nitrogens with one attached hydrogen (secondary N) is 1. The number of carbonyl (C=O) groups is 2. The summed E-state index contributed by atoms with van der Waals surface area (Å²) in [5, 5.41) is 3.03. The van der Waals surface area contributed by atoms with Gasteiger partial charge in [0, 0.05) is 19.6 Å². The van der Waals surface area contributed by atoms with Crippen molar-refractivity contribution in [2.75, 3.05) is 19.6 Å². The molecule has 0 aliphatic carbocycles. The van der Waals surface area contributed by atoms with E-state index < -0.39 is 0 Å². The molecule has 0 aromatic heterocycles. The summed E-state index contributed by atoms with van der Waals surface area (Å²) < 4.78 is 0. The van der Waals surface area contributed by atoms with Crippen molar-refractivity contribution in [3.63, 3.8) is 0 Å². The minimum atomic E-state index is -0.358. The molecule has 2 amide bonds. The van der Waals surface area contributed by atoms with E-state index in [9.17, 15) is 9.59 Å². The fraction of sp³-hybridized carbons (Fsp3) is 0.440. The van der Waals surface area contributed by atoms with Crippen molar-refractivity contribution in [3.05, 3.63) is 71.3 Å². The molecule has 2 aromatic carbocycles. The van der Waals surface area contributed by atoms with Crippen LogP contribution in [0, 0.1) is 0 Å². The van der Waals surface area contributed by atoms with Gasteiger partial charge in [0.05, 0.1) is 6.42 Å². The number of hydrogen-bond donors (Lipinski definition) is 1. The van der Waals surface area contributed by atoms with Crippen molar-refractivity contribution in [1.29, 1.82) is 0 Å². The minimum Gasteiger partial charge on any atom is -0.350 e. The molecule has 5 heteroatoms. The van der Waals surface area contributed by atoms with Gasteiger partial charge in [-0.1, -0.05) is 68.4 Å². The standard InChI is InChI=1S/C25H33N3O2/c1-3-27(4-2)19-22-14-12-21(13-15-22)18-26-25(30)23-11-8-16-28(23)24(29)17-20-9-6-5-7-10-20/h5-7,9-10,12-15,23H,3-4,8,11,16-19H2,1-2H3,(H,26,30). The van der Waals surface area contributed by atoms with Gasteiger partial charge in [-0.2, -0.15) is 0 Å². The molecule has 1 heterocycles. The largest absolute Gasteiger partial charge is 0.350 e. The second-order valence-corrected chi connectivity index (χ2v) is 7.90. The predicted molar refractivity (Wildman–Crippen MR) is 120 cm³/mol. The Morgan fingerprint density at radius 3 is 2.30 bits per heavy atom. The fourth-order valence-corrected chi connectivity index (χ4v) is 3.98. The Balaban J connectivity index is 1.51. The summed E-state index contributed by atoms with van der Waals surface area (Å²) >= 11 is 0. The van der Waals surface area contributed by atoms with Crippen molar-refractivity contribution in [1.82, 2.24) is 15.1 Å². The molecule has 30 heavy (non-hydrogen) atoms. The maximum atomic E-state index is 12.8. The van der Waals surface area contributed by atoms with Gasteiger partial charge >= 0.3 is 0 Å². The van der Waals surface area contributed by atoms with Crippen molar-refractivity contribution in [2.45, 2.75) is 52.2 Å². The minimum absolute atomic E-state index is 0.0274. The van der Waals surface area contributed by atoms with E-state index in [1.54, 1.807) is 4.90 Å². The predicted octanol–water partition coefficient (Wildman–Crippen LogP) is 3.38. The second kappa shape index (κ2) is 10.9. The Bertz CT molecular complexity index is 816. The van der Waals surface area contributed by atoms with Gasteiger partial charge in [0.1, 0.15) is 6.04 Å². The number of benzene rings is 2. The van der Waals surface area contributed by atoms with Crippen LogP contribution in [0.5, 0.6) is 0 Å². The average molecular weight is 408 g/mol. The maximum absolute atomic E-state index is 12.8. The van der Waals surface area contributed by atoms with Gasteiger partial charge in [0.25, 0.3) is 0 Å². The van der Waals surface area contributed by atoms with Crippen LogP contribution in [0.1, 0.15) is 43.4 Å². The Morgan fingerprint density at radius 2 is 1.63 bits per heavy atom. The molecule has 0 saturated carbocycles. The summed E-state index contributed by atoms with van der Waals surface area (Å²) in [5.41, 5.74) is 3.34. The molecule has 1 saturated heterocycles. The zero-order valence-electron chi connectivity index (χ0n) is 18.1. The van der Waals surface area contributed by atoms with E-state index in [0.29, 0.717) is 19.5 Å². The maximum Gasteiger partial charge on any atom is 0.243 e. The molecule has 160 valence electrons. The number of hydrogen-bond acceptors (Lipinski definition) is 3. The summed E-state index contributed by atoms with van der Waals surface area (Å²) in [7, 11) is 0. The number of carbonyl (C=O) groups excluding carboxylic acids is 2. The third-order valence-corrected chi connectivity index (χ3v) is 5.86. The van der Waals surface area contributed by atoms with E-state index in [1.165, 1.54) is 5.56 Å². The topological polar surface area (TPSA) is 52.7 Å². The molecule has 0 radical (unpaired) electrons. The van der Waals surface area contributed by atoms with Crippen molar-refractivity contribution in [2.24, 2.45) is 0 Å². The van der Waals surface area contributed by atoms with Crippen LogP contribution in [0.3, 0.4) is 0 Å². The van der Waals surface area contributed by atoms with Gasteiger partial charge < -0.3 is 10.2 Å². The Morgan fingerprint density at radius 1 is 0.967 bits per heavy atom. The molecule has 0 spiro atoms. The molecule has 1 atom stereocenters. The van der Waals surface area contributed by atoms with Gasteiger partial charge in [-0.3, -0.25) is 14.5 Å². The number of likely N-dealkylation sites (tertiary alicyclic amines) is 1. The molecule has 1 aliphatic heterocycles. The van der Waals surface area contributed by atoms with Gasteiger partial charge in [0.15, 0.2) is 0 Å². The second-order valence-electron chi connectivity index (χ2n) is 7.90. The first-order valence-electron chi connectivity index (χ1n) is 11.0. The fourth-order valence-electron chi connectivity index (χ4n) is 3.98.